The van der Waals surface area contributed by atoms with Gasteiger partial charge in [0.15, 0.2) is 0 Å². The average Bonchev–Trinajstić information content (AvgIpc) is 1.76. The van der Waals surface area contributed by atoms with Gasteiger partial charge in [0.05, 0.1) is 0 Å². The first-order valence-electron chi connectivity index (χ1n) is 5.98. The quantitative estimate of drug-likeness (QED) is 0.729. The summed E-state index contributed by atoms with van der Waals surface area (Å²) in [6.07, 6.45) is 4.17. The van der Waals surface area contributed by atoms with Gasteiger partial charge in [0.1, 0.15) is 0 Å². The topological polar surface area (TPSA) is 12.0 Å². The van der Waals surface area contributed by atoms with Crippen molar-refractivity contribution in [3.8, 4) is 0 Å². The predicted molar refractivity (Wildman–Crippen MR) is 63.5 cm³/mol. The number of hydrogen-bond acceptors (Lipinski definition) is 1. The van der Waals surface area contributed by atoms with Gasteiger partial charge in [-0.05, 0) is 58.3 Å². The lowest BCUT2D eigenvalue weighted by Gasteiger charge is -2.46. The van der Waals surface area contributed by atoms with Gasteiger partial charge in [-0.2, -0.15) is 0 Å². The molecule has 1 aliphatic carbocycles. The van der Waals surface area contributed by atoms with Gasteiger partial charge in [0.2, 0.25) is 0 Å². The Morgan fingerprint density at radius 2 is 1.86 bits per heavy atom. The molecule has 0 aliphatic heterocycles. The molecule has 0 saturated heterocycles. The highest BCUT2D eigenvalue weighted by molar-refractivity contribution is 4.91. The van der Waals surface area contributed by atoms with Crippen LogP contribution >= 0.6 is 0 Å². The molecule has 0 spiro atoms. The first-order valence-corrected chi connectivity index (χ1v) is 5.98. The van der Waals surface area contributed by atoms with E-state index in [1.807, 2.05) is 0 Å². The first kappa shape index (κ1) is 12.0. The third-order valence-electron chi connectivity index (χ3n) is 3.16. The van der Waals surface area contributed by atoms with Crippen molar-refractivity contribution in [3.63, 3.8) is 0 Å². The van der Waals surface area contributed by atoms with Crippen molar-refractivity contribution in [1.82, 2.24) is 5.32 Å². The molecule has 1 rings (SSSR count). The summed E-state index contributed by atoms with van der Waals surface area (Å²) >= 11 is 0. The largest absolute Gasteiger partial charge is 0.310 e. The Labute approximate surface area is 89.7 Å². The zero-order valence-electron chi connectivity index (χ0n) is 10.8. The van der Waals surface area contributed by atoms with E-state index in [-0.39, 0.29) is 5.54 Å². The lowest BCUT2D eigenvalue weighted by Crippen LogP contribution is -2.46. The second kappa shape index (κ2) is 3.84. The Bertz CT molecular complexity index is 184. The number of nitrogens with one attached hydrogen (secondary N) is 1. The van der Waals surface area contributed by atoms with Crippen LogP contribution in [0.4, 0.5) is 0 Å². The molecule has 0 heterocycles. The minimum absolute atomic E-state index is 0.255. The van der Waals surface area contributed by atoms with E-state index in [2.05, 4.69) is 46.9 Å². The van der Waals surface area contributed by atoms with E-state index >= 15 is 0 Å². The molecule has 1 N–H and O–H groups in total. The van der Waals surface area contributed by atoms with Gasteiger partial charge in [0, 0.05) is 11.6 Å². The van der Waals surface area contributed by atoms with Crippen molar-refractivity contribution in [3.05, 3.63) is 0 Å². The van der Waals surface area contributed by atoms with Gasteiger partial charge >= 0.3 is 0 Å². The van der Waals surface area contributed by atoms with Crippen LogP contribution in [0.15, 0.2) is 0 Å². The lowest BCUT2D eigenvalue weighted by molar-refractivity contribution is 0.0631. The highest BCUT2D eigenvalue weighted by atomic mass is 15.0. The molecular weight excluding hydrogens is 170 g/mol. The van der Waals surface area contributed by atoms with Crippen molar-refractivity contribution in [2.45, 2.75) is 72.4 Å². The maximum Gasteiger partial charge on any atom is 0.00989 e. The van der Waals surface area contributed by atoms with Crippen LogP contribution in [0.3, 0.4) is 0 Å². The standard InChI is InChI=1S/C13H27N/c1-10-7-13(6,8-10)9-11(2)14-12(3,4)5/h10-11,14H,7-9H2,1-6H3. The molecule has 0 aromatic rings. The van der Waals surface area contributed by atoms with Crippen LogP contribution in [0.1, 0.15) is 60.8 Å². The fourth-order valence-electron chi connectivity index (χ4n) is 3.32. The summed E-state index contributed by atoms with van der Waals surface area (Å²) in [5.41, 5.74) is 0.877. The van der Waals surface area contributed by atoms with Crippen LogP contribution in [-0.4, -0.2) is 11.6 Å². The molecule has 1 nitrogen and oxygen atoms in total. The van der Waals surface area contributed by atoms with Crippen molar-refractivity contribution < 1.29 is 0 Å². The smallest absolute Gasteiger partial charge is 0.00989 e. The zero-order chi connectivity index (χ0) is 11.0. The maximum absolute atomic E-state index is 3.66. The predicted octanol–water partition coefficient (Wildman–Crippen LogP) is 3.59. The maximum atomic E-state index is 3.66. The van der Waals surface area contributed by atoms with Crippen molar-refractivity contribution in [2.75, 3.05) is 0 Å². The SMILES string of the molecule is CC1CC(C)(CC(C)NC(C)(C)C)C1. The summed E-state index contributed by atoms with van der Waals surface area (Å²) < 4.78 is 0. The molecule has 1 saturated carbocycles. The van der Waals surface area contributed by atoms with Gasteiger partial charge in [-0.25, -0.2) is 0 Å². The summed E-state index contributed by atoms with van der Waals surface area (Å²) in [7, 11) is 0. The van der Waals surface area contributed by atoms with Gasteiger partial charge in [-0.15, -0.1) is 0 Å². The fraction of sp³-hybridized carbons (Fsp3) is 1.00. The Morgan fingerprint density at radius 1 is 1.36 bits per heavy atom. The van der Waals surface area contributed by atoms with E-state index in [4.69, 9.17) is 0 Å². The average molecular weight is 197 g/mol. The zero-order valence-corrected chi connectivity index (χ0v) is 10.8. The van der Waals surface area contributed by atoms with Crippen LogP contribution < -0.4 is 5.32 Å². The van der Waals surface area contributed by atoms with Crippen LogP contribution in [0.2, 0.25) is 0 Å². The van der Waals surface area contributed by atoms with Crippen LogP contribution in [0.5, 0.6) is 0 Å². The molecule has 1 aliphatic rings. The summed E-state index contributed by atoms with van der Waals surface area (Å²) in [6, 6.07) is 0.646. The molecule has 1 fully saturated rings. The minimum atomic E-state index is 0.255. The second-order valence-electron chi connectivity index (χ2n) is 6.82. The highest BCUT2D eigenvalue weighted by Crippen LogP contribution is 2.48. The summed E-state index contributed by atoms with van der Waals surface area (Å²) in [4.78, 5) is 0. The third-order valence-corrected chi connectivity index (χ3v) is 3.16. The minimum Gasteiger partial charge on any atom is -0.310 e. The van der Waals surface area contributed by atoms with Gasteiger partial charge in [-0.3, -0.25) is 0 Å². The lowest BCUT2D eigenvalue weighted by atomic mass is 9.61. The molecular formula is C13H27N. The van der Waals surface area contributed by atoms with Gasteiger partial charge < -0.3 is 5.32 Å². The Balaban J connectivity index is 2.31. The van der Waals surface area contributed by atoms with Crippen LogP contribution in [0, 0.1) is 11.3 Å². The van der Waals surface area contributed by atoms with Crippen LogP contribution in [0.25, 0.3) is 0 Å². The normalized spacial score (nSPS) is 35.1. The molecule has 0 aromatic carbocycles. The molecule has 1 heteroatoms. The Kier molecular flexibility index (Phi) is 3.30. The van der Waals surface area contributed by atoms with Crippen molar-refractivity contribution in [2.24, 2.45) is 11.3 Å². The van der Waals surface area contributed by atoms with Crippen molar-refractivity contribution >= 4 is 0 Å². The molecule has 0 aromatic heterocycles. The molecule has 14 heavy (non-hydrogen) atoms. The van der Waals surface area contributed by atoms with Gasteiger partial charge in [0.25, 0.3) is 0 Å². The first-order chi connectivity index (χ1) is 6.20. The molecule has 0 radical (unpaired) electrons. The van der Waals surface area contributed by atoms with E-state index in [9.17, 15) is 0 Å². The Morgan fingerprint density at radius 3 is 2.21 bits per heavy atom. The highest BCUT2D eigenvalue weighted by Gasteiger charge is 2.38. The monoisotopic (exact) mass is 197 g/mol. The van der Waals surface area contributed by atoms with E-state index in [1.165, 1.54) is 19.3 Å². The third kappa shape index (κ3) is 3.61. The molecule has 0 bridgehead atoms. The van der Waals surface area contributed by atoms with E-state index in [0.717, 1.165) is 5.92 Å². The second-order valence-corrected chi connectivity index (χ2v) is 6.82. The summed E-state index contributed by atoms with van der Waals surface area (Å²) in [5, 5.41) is 3.66. The molecule has 1 atom stereocenters. The number of hydrogen-bond donors (Lipinski definition) is 1. The van der Waals surface area contributed by atoms with E-state index in [1.54, 1.807) is 0 Å². The van der Waals surface area contributed by atoms with Crippen LogP contribution in [-0.2, 0) is 0 Å². The molecule has 1 unspecified atom stereocenters. The fourth-order valence-corrected chi connectivity index (χ4v) is 3.32. The number of rotatable bonds is 3. The molecule has 0 amide bonds. The van der Waals surface area contributed by atoms with Crippen molar-refractivity contribution in [1.29, 1.82) is 0 Å². The van der Waals surface area contributed by atoms with E-state index < -0.39 is 0 Å². The summed E-state index contributed by atoms with van der Waals surface area (Å²) in [5.74, 6) is 0.960. The van der Waals surface area contributed by atoms with E-state index in [0.29, 0.717) is 11.5 Å². The van der Waals surface area contributed by atoms with Gasteiger partial charge in [-0.1, -0.05) is 13.8 Å². The Hall–Kier alpha value is -0.0400. The summed E-state index contributed by atoms with van der Waals surface area (Å²) in [6.45, 7) is 13.9. The molecule has 84 valence electrons.